The zero-order chi connectivity index (χ0) is 10.8. The Morgan fingerprint density at radius 1 is 1.50 bits per heavy atom. The third-order valence-corrected chi connectivity index (χ3v) is 2.41. The molecular weight excluding hydrogens is 176 g/mol. The molecule has 0 aromatic carbocycles. The van der Waals surface area contributed by atoms with Crippen LogP contribution in [0.3, 0.4) is 0 Å². The highest BCUT2D eigenvalue weighted by atomic mass is 16.2. The van der Waals surface area contributed by atoms with E-state index in [2.05, 4.69) is 26.1 Å². The van der Waals surface area contributed by atoms with E-state index in [4.69, 9.17) is 0 Å². The lowest BCUT2D eigenvalue weighted by atomic mass is 9.95. The number of amides is 1. The van der Waals surface area contributed by atoms with E-state index in [-0.39, 0.29) is 11.3 Å². The molecule has 1 aliphatic rings. The Morgan fingerprint density at radius 2 is 2.14 bits per heavy atom. The number of carbonyl (C=O) groups excluding carboxylic acids is 1. The zero-order valence-corrected chi connectivity index (χ0v) is 9.76. The van der Waals surface area contributed by atoms with Crippen LogP contribution in [0, 0.1) is 11.3 Å². The van der Waals surface area contributed by atoms with Gasteiger partial charge in [-0.15, -0.1) is 0 Å². The molecule has 1 saturated heterocycles. The van der Waals surface area contributed by atoms with E-state index in [9.17, 15) is 4.79 Å². The lowest BCUT2D eigenvalue weighted by Crippen LogP contribution is -2.40. The van der Waals surface area contributed by atoms with E-state index >= 15 is 0 Å². The first-order valence-electron chi connectivity index (χ1n) is 5.40. The maximum atomic E-state index is 11.9. The second-order valence-electron chi connectivity index (χ2n) is 5.43. The summed E-state index contributed by atoms with van der Waals surface area (Å²) < 4.78 is 0. The number of hydrogen-bond acceptors (Lipinski definition) is 2. The van der Waals surface area contributed by atoms with Crippen molar-refractivity contribution in [2.75, 3.05) is 26.2 Å². The van der Waals surface area contributed by atoms with Crippen LogP contribution in [0.25, 0.3) is 0 Å². The van der Waals surface area contributed by atoms with Gasteiger partial charge in [0.05, 0.1) is 0 Å². The molecule has 3 nitrogen and oxygen atoms in total. The van der Waals surface area contributed by atoms with Crippen molar-refractivity contribution in [1.29, 1.82) is 0 Å². The van der Waals surface area contributed by atoms with Crippen molar-refractivity contribution in [2.45, 2.75) is 27.7 Å². The van der Waals surface area contributed by atoms with Crippen LogP contribution >= 0.6 is 0 Å². The lowest BCUT2D eigenvalue weighted by molar-refractivity contribution is -0.135. The van der Waals surface area contributed by atoms with Gasteiger partial charge in [-0.1, -0.05) is 27.7 Å². The highest BCUT2D eigenvalue weighted by Crippen LogP contribution is 2.17. The Hall–Kier alpha value is -0.570. The maximum Gasteiger partial charge on any atom is 0.226 e. The first-order chi connectivity index (χ1) is 6.40. The van der Waals surface area contributed by atoms with Gasteiger partial charge in [0.15, 0.2) is 0 Å². The van der Waals surface area contributed by atoms with Crippen molar-refractivity contribution in [1.82, 2.24) is 10.2 Å². The van der Waals surface area contributed by atoms with Crippen LogP contribution in [-0.2, 0) is 4.79 Å². The van der Waals surface area contributed by atoms with Gasteiger partial charge < -0.3 is 10.2 Å². The fourth-order valence-corrected chi connectivity index (χ4v) is 1.77. The summed E-state index contributed by atoms with van der Waals surface area (Å²) >= 11 is 0. The minimum Gasteiger partial charge on any atom is -0.341 e. The van der Waals surface area contributed by atoms with Crippen LogP contribution in [0.15, 0.2) is 0 Å². The fraction of sp³-hybridized carbons (Fsp3) is 0.909. The summed E-state index contributed by atoms with van der Waals surface area (Å²) in [5, 5.41) is 3.28. The molecule has 0 aromatic heterocycles. The summed E-state index contributed by atoms with van der Waals surface area (Å²) in [4.78, 5) is 13.9. The first kappa shape index (κ1) is 11.5. The summed E-state index contributed by atoms with van der Waals surface area (Å²) in [6, 6.07) is 0. The Balaban J connectivity index is 2.61. The van der Waals surface area contributed by atoms with E-state index in [0.717, 1.165) is 26.2 Å². The minimum absolute atomic E-state index is 0.125. The van der Waals surface area contributed by atoms with Gasteiger partial charge in [-0.3, -0.25) is 4.79 Å². The summed E-state index contributed by atoms with van der Waals surface area (Å²) in [6.45, 7) is 12.0. The third kappa shape index (κ3) is 3.29. The molecule has 0 radical (unpaired) electrons. The van der Waals surface area contributed by atoms with E-state index in [1.165, 1.54) is 0 Å². The summed E-state index contributed by atoms with van der Waals surface area (Å²) in [7, 11) is 0. The molecule has 0 spiro atoms. The Morgan fingerprint density at radius 3 is 2.71 bits per heavy atom. The summed E-state index contributed by atoms with van der Waals surface area (Å²) in [5.74, 6) is 0.421. The normalized spacial score (nSPS) is 25.0. The minimum atomic E-state index is 0.125. The molecule has 0 saturated carbocycles. The Bertz CT molecular complexity index is 208. The van der Waals surface area contributed by atoms with E-state index in [1.807, 2.05) is 11.8 Å². The molecule has 1 aliphatic heterocycles. The monoisotopic (exact) mass is 198 g/mol. The second kappa shape index (κ2) is 4.30. The number of hydrogen-bond donors (Lipinski definition) is 1. The van der Waals surface area contributed by atoms with E-state index in [1.54, 1.807) is 0 Å². The van der Waals surface area contributed by atoms with E-state index < -0.39 is 0 Å². The molecule has 1 amide bonds. The molecular formula is C11H22N2O. The molecule has 1 heterocycles. The van der Waals surface area contributed by atoms with Crippen molar-refractivity contribution in [3.05, 3.63) is 0 Å². The first-order valence-corrected chi connectivity index (χ1v) is 5.40. The molecule has 1 rings (SSSR count). The topological polar surface area (TPSA) is 32.3 Å². The summed E-state index contributed by atoms with van der Waals surface area (Å²) in [6.07, 6.45) is 0. The molecule has 82 valence electrons. The Kier molecular flexibility index (Phi) is 3.53. The SMILES string of the molecule is CC1CNCCN(CC(C)(C)C)C1=O. The maximum absolute atomic E-state index is 11.9. The molecule has 1 atom stereocenters. The number of rotatable bonds is 1. The van der Waals surface area contributed by atoms with Crippen LogP contribution in [0.2, 0.25) is 0 Å². The van der Waals surface area contributed by atoms with Gasteiger partial charge in [0.1, 0.15) is 0 Å². The van der Waals surface area contributed by atoms with Gasteiger partial charge in [0.2, 0.25) is 5.91 Å². The molecule has 1 fully saturated rings. The van der Waals surface area contributed by atoms with Crippen molar-refractivity contribution in [3.63, 3.8) is 0 Å². The predicted octanol–water partition coefficient (Wildman–Crippen LogP) is 1.10. The van der Waals surface area contributed by atoms with Gasteiger partial charge in [0.25, 0.3) is 0 Å². The van der Waals surface area contributed by atoms with Crippen LogP contribution < -0.4 is 5.32 Å². The standard InChI is InChI=1S/C11H22N2O/c1-9-7-12-5-6-13(10(9)14)8-11(2,3)4/h9,12H,5-8H2,1-4H3. The Labute approximate surface area is 86.9 Å². The quantitative estimate of drug-likeness (QED) is 0.684. The zero-order valence-electron chi connectivity index (χ0n) is 9.76. The lowest BCUT2D eigenvalue weighted by Gasteiger charge is -2.30. The van der Waals surface area contributed by atoms with Crippen molar-refractivity contribution >= 4 is 5.91 Å². The van der Waals surface area contributed by atoms with Crippen molar-refractivity contribution in [2.24, 2.45) is 11.3 Å². The van der Waals surface area contributed by atoms with Crippen LogP contribution in [0.5, 0.6) is 0 Å². The fourth-order valence-electron chi connectivity index (χ4n) is 1.77. The summed E-state index contributed by atoms with van der Waals surface area (Å²) in [5.41, 5.74) is 0.194. The van der Waals surface area contributed by atoms with Crippen LogP contribution in [-0.4, -0.2) is 37.0 Å². The molecule has 1 unspecified atom stereocenters. The van der Waals surface area contributed by atoms with Crippen LogP contribution in [0.4, 0.5) is 0 Å². The van der Waals surface area contributed by atoms with Gasteiger partial charge >= 0.3 is 0 Å². The molecule has 0 aromatic rings. The van der Waals surface area contributed by atoms with Gasteiger partial charge in [-0.2, -0.15) is 0 Å². The van der Waals surface area contributed by atoms with E-state index in [0.29, 0.717) is 5.91 Å². The number of nitrogens with one attached hydrogen (secondary N) is 1. The average molecular weight is 198 g/mol. The van der Waals surface area contributed by atoms with Gasteiger partial charge in [0, 0.05) is 32.1 Å². The third-order valence-electron chi connectivity index (χ3n) is 2.41. The molecule has 0 aliphatic carbocycles. The predicted molar refractivity (Wildman–Crippen MR) is 58.1 cm³/mol. The molecule has 1 N–H and O–H groups in total. The van der Waals surface area contributed by atoms with Gasteiger partial charge in [-0.05, 0) is 5.41 Å². The average Bonchev–Trinajstić information content (AvgIpc) is 2.17. The largest absolute Gasteiger partial charge is 0.341 e. The van der Waals surface area contributed by atoms with Crippen molar-refractivity contribution in [3.8, 4) is 0 Å². The number of nitrogens with zero attached hydrogens (tertiary/aromatic N) is 1. The highest BCUT2D eigenvalue weighted by molar-refractivity contribution is 5.79. The van der Waals surface area contributed by atoms with Gasteiger partial charge in [-0.25, -0.2) is 0 Å². The van der Waals surface area contributed by atoms with Crippen LogP contribution in [0.1, 0.15) is 27.7 Å². The molecule has 14 heavy (non-hydrogen) atoms. The molecule has 0 bridgehead atoms. The molecule has 3 heteroatoms. The number of carbonyl (C=O) groups is 1. The highest BCUT2D eigenvalue weighted by Gasteiger charge is 2.26. The second-order valence-corrected chi connectivity index (χ2v) is 5.43. The smallest absolute Gasteiger partial charge is 0.226 e. The van der Waals surface area contributed by atoms with Crippen molar-refractivity contribution < 1.29 is 4.79 Å².